The first kappa shape index (κ1) is 19.9. The molecule has 0 spiro atoms. The van der Waals surface area contributed by atoms with E-state index in [1.54, 1.807) is 0 Å². The van der Waals surface area contributed by atoms with Gasteiger partial charge in [0.1, 0.15) is 5.75 Å². The number of aromatic nitrogens is 1. The Balaban J connectivity index is 1.37. The van der Waals surface area contributed by atoms with Crippen molar-refractivity contribution in [1.29, 1.82) is 0 Å². The van der Waals surface area contributed by atoms with E-state index in [-0.39, 0.29) is 12.5 Å². The van der Waals surface area contributed by atoms with E-state index >= 15 is 0 Å². The minimum absolute atomic E-state index is 0.0439. The zero-order valence-corrected chi connectivity index (χ0v) is 17.5. The van der Waals surface area contributed by atoms with Crippen molar-refractivity contribution in [2.75, 3.05) is 11.9 Å². The third-order valence-electron chi connectivity index (χ3n) is 4.75. The number of carbonyl (C=O) groups is 1. The molecule has 0 atom stereocenters. The van der Waals surface area contributed by atoms with Crippen LogP contribution < -0.4 is 10.1 Å². The van der Waals surface area contributed by atoms with Gasteiger partial charge in [-0.1, -0.05) is 79.7 Å². The fraction of sp³-hybridized carbons (Fsp3) is 0.120. The summed E-state index contributed by atoms with van der Waals surface area (Å²) >= 11 is 1.40. The third kappa shape index (κ3) is 4.75. The molecule has 4 nitrogen and oxygen atoms in total. The molecular formula is C25H22N2O2S. The fourth-order valence-corrected chi connectivity index (χ4v) is 3.90. The lowest BCUT2D eigenvalue weighted by atomic mass is 10.0. The molecule has 5 heteroatoms. The van der Waals surface area contributed by atoms with Gasteiger partial charge in [0.05, 0.1) is 5.69 Å². The first-order chi connectivity index (χ1) is 14.7. The summed E-state index contributed by atoms with van der Waals surface area (Å²) in [7, 11) is 0. The van der Waals surface area contributed by atoms with Crippen LogP contribution in [0, 0.1) is 0 Å². The molecule has 0 aliphatic heterocycles. The highest BCUT2D eigenvalue weighted by molar-refractivity contribution is 7.14. The van der Waals surface area contributed by atoms with Gasteiger partial charge in [0, 0.05) is 10.9 Å². The van der Waals surface area contributed by atoms with E-state index < -0.39 is 0 Å². The summed E-state index contributed by atoms with van der Waals surface area (Å²) in [6.45, 7) is 2.02. The molecule has 0 aliphatic rings. The lowest BCUT2D eigenvalue weighted by Gasteiger charge is -2.09. The number of ether oxygens (including phenoxy) is 1. The minimum Gasteiger partial charge on any atom is -0.483 e. The molecule has 150 valence electrons. The Hall–Kier alpha value is -3.44. The highest BCUT2D eigenvalue weighted by Crippen LogP contribution is 2.27. The smallest absolute Gasteiger partial charge is 0.264 e. The predicted molar refractivity (Wildman–Crippen MR) is 123 cm³/mol. The minimum atomic E-state index is -0.221. The van der Waals surface area contributed by atoms with Crippen LogP contribution in [0.4, 0.5) is 5.13 Å². The van der Waals surface area contributed by atoms with Crippen molar-refractivity contribution < 1.29 is 9.53 Å². The van der Waals surface area contributed by atoms with Crippen molar-refractivity contribution in [3.63, 3.8) is 0 Å². The third-order valence-corrected chi connectivity index (χ3v) is 5.51. The quantitative estimate of drug-likeness (QED) is 0.400. The molecule has 0 aliphatic carbocycles. The number of nitrogens with one attached hydrogen (secondary N) is 1. The van der Waals surface area contributed by atoms with Gasteiger partial charge in [-0.15, -0.1) is 11.3 Å². The summed E-state index contributed by atoms with van der Waals surface area (Å²) in [6, 6.07) is 26.3. The first-order valence-corrected chi connectivity index (χ1v) is 10.7. The van der Waals surface area contributed by atoms with Gasteiger partial charge >= 0.3 is 0 Å². The number of hydrogen-bond donors (Lipinski definition) is 1. The van der Waals surface area contributed by atoms with Gasteiger partial charge in [0.15, 0.2) is 11.7 Å². The molecule has 0 radical (unpaired) electrons. The maximum absolute atomic E-state index is 12.3. The van der Waals surface area contributed by atoms with E-state index in [1.165, 1.54) is 16.9 Å². The van der Waals surface area contributed by atoms with Crippen LogP contribution >= 0.6 is 11.3 Å². The number of thiazole rings is 1. The van der Waals surface area contributed by atoms with Gasteiger partial charge < -0.3 is 4.74 Å². The summed E-state index contributed by atoms with van der Waals surface area (Å²) in [5.74, 6) is 0.523. The van der Waals surface area contributed by atoms with Crippen molar-refractivity contribution in [3.05, 3.63) is 89.8 Å². The van der Waals surface area contributed by atoms with E-state index in [9.17, 15) is 4.79 Å². The van der Waals surface area contributed by atoms with Crippen molar-refractivity contribution in [2.24, 2.45) is 0 Å². The molecule has 4 aromatic rings. The lowest BCUT2D eigenvalue weighted by molar-refractivity contribution is -0.118. The molecule has 4 rings (SSSR count). The highest BCUT2D eigenvalue weighted by atomic mass is 32.1. The van der Waals surface area contributed by atoms with Crippen molar-refractivity contribution in [3.8, 4) is 28.1 Å². The predicted octanol–water partition coefficient (Wildman–Crippen LogP) is 6.06. The molecule has 1 aromatic heterocycles. The second-order valence-corrected chi connectivity index (χ2v) is 7.64. The summed E-state index contributed by atoms with van der Waals surface area (Å²) in [5.41, 5.74) is 5.28. The van der Waals surface area contributed by atoms with E-state index in [1.807, 2.05) is 60.0 Å². The monoisotopic (exact) mass is 414 g/mol. The number of rotatable bonds is 7. The Labute approximate surface area is 180 Å². The van der Waals surface area contributed by atoms with Crippen molar-refractivity contribution in [2.45, 2.75) is 13.3 Å². The normalized spacial score (nSPS) is 10.6. The molecule has 0 unspecified atom stereocenters. The first-order valence-electron chi connectivity index (χ1n) is 9.85. The number of anilines is 1. The number of carbonyl (C=O) groups excluding carboxylic acids is 1. The Morgan fingerprint density at radius 3 is 2.33 bits per heavy atom. The molecule has 1 heterocycles. The fourth-order valence-electron chi connectivity index (χ4n) is 3.16. The van der Waals surface area contributed by atoms with Gasteiger partial charge in [-0.2, -0.15) is 0 Å². The standard InChI is InChI=1S/C25H22N2O2S/c1-2-18-8-6-7-11-23(18)29-16-24(28)27-25-26-22(17-30-25)21-14-12-20(13-15-21)19-9-4-3-5-10-19/h3-15,17H,2,16H2,1H3,(H,26,27,28). The molecule has 0 fully saturated rings. The molecule has 0 bridgehead atoms. The number of aryl methyl sites for hydroxylation is 1. The van der Waals surface area contributed by atoms with Gasteiger partial charge in [-0.05, 0) is 29.2 Å². The zero-order valence-electron chi connectivity index (χ0n) is 16.7. The van der Waals surface area contributed by atoms with Crippen LogP contribution in [0.3, 0.4) is 0 Å². The molecule has 0 saturated heterocycles. The van der Waals surface area contributed by atoms with Crippen molar-refractivity contribution >= 4 is 22.4 Å². The molecule has 3 aromatic carbocycles. The largest absolute Gasteiger partial charge is 0.483 e. The van der Waals surface area contributed by atoms with Crippen LogP contribution in [-0.4, -0.2) is 17.5 Å². The number of nitrogens with zero attached hydrogens (tertiary/aromatic N) is 1. The highest BCUT2D eigenvalue weighted by Gasteiger charge is 2.10. The van der Waals surface area contributed by atoms with E-state index in [4.69, 9.17) is 4.74 Å². The molecule has 1 amide bonds. The van der Waals surface area contributed by atoms with Gasteiger partial charge in [-0.3, -0.25) is 10.1 Å². The molecule has 0 saturated carbocycles. The van der Waals surface area contributed by atoms with Gasteiger partial charge in [-0.25, -0.2) is 4.98 Å². The van der Waals surface area contributed by atoms with Crippen LogP contribution in [0.25, 0.3) is 22.4 Å². The van der Waals surface area contributed by atoms with Crippen LogP contribution in [0.5, 0.6) is 5.75 Å². The summed E-state index contributed by atoms with van der Waals surface area (Å²) < 4.78 is 5.67. The Bertz CT molecular complexity index is 1120. The number of para-hydroxylation sites is 1. The maximum Gasteiger partial charge on any atom is 0.264 e. The Morgan fingerprint density at radius 1 is 0.900 bits per heavy atom. The summed E-state index contributed by atoms with van der Waals surface area (Å²) in [4.78, 5) is 16.8. The maximum atomic E-state index is 12.3. The second kappa shape index (κ2) is 9.37. The number of benzene rings is 3. The number of hydrogen-bond acceptors (Lipinski definition) is 4. The lowest BCUT2D eigenvalue weighted by Crippen LogP contribution is -2.20. The molecular weight excluding hydrogens is 392 g/mol. The summed E-state index contributed by atoms with van der Waals surface area (Å²) in [6.07, 6.45) is 0.858. The second-order valence-electron chi connectivity index (χ2n) is 6.78. The van der Waals surface area contributed by atoms with Crippen LogP contribution in [0.15, 0.2) is 84.2 Å². The van der Waals surface area contributed by atoms with Crippen molar-refractivity contribution in [1.82, 2.24) is 4.98 Å². The number of amides is 1. The zero-order chi connectivity index (χ0) is 20.8. The summed E-state index contributed by atoms with van der Waals surface area (Å²) in [5, 5.41) is 5.33. The van der Waals surface area contributed by atoms with E-state index in [0.717, 1.165) is 34.6 Å². The van der Waals surface area contributed by atoms with E-state index in [2.05, 4.69) is 41.5 Å². The molecule has 1 N–H and O–H groups in total. The van der Waals surface area contributed by atoms with Crippen LogP contribution in [0.2, 0.25) is 0 Å². The van der Waals surface area contributed by atoms with Gasteiger partial charge in [0.2, 0.25) is 0 Å². The Morgan fingerprint density at radius 2 is 1.57 bits per heavy atom. The molecule has 30 heavy (non-hydrogen) atoms. The Kier molecular flexibility index (Phi) is 6.20. The van der Waals surface area contributed by atoms with Gasteiger partial charge in [0.25, 0.3) is 5.91 Å². The van der Waals surface area contributed by atoms with Crippen LogP contribution in [-0.2, 0) is 11.2 Å². The SMILES string of the molecule is CCc1ccccc1OCC(=O)Nc1nc(-c2ccc(-c3ccccc3)cc2)cs1. The average Bonchev–Trinajstić information content (AvgIpc) is 3.27. The topological polar surface area (TPSA) is 51.2 Å². The van der Waals surface area contributed by atoms with E-state index in [0.29, 0.717) is 5.13 Å². The van der Waals surface area contributed by atoms with Crippen LogP contribution in [0.1, 0.15) is 12.5 Å². The average molecular weight is 415 g/mol.